The zero-order valence-corrected chi connectivity index (χ0v) is 16.0. The van der Waals surface area contributed by atoms with Crippen molar-refractivity contribution in [2.75, 3.05) is 4.90 Å². The van der Waals surface area contributed by atoms with Crippen molar-refractivity contribution >= 4 is 17.3 Å². The van der Waals surface area contributed by atoms with Crippen LogP contribution in [0.25, 0.3) is 0 Å². The largest absolute Gasteiger partial charge is 0.416 e. The number of fused-ring (bicyclic) bond motifs is 2. The molecule has 0 spiro atoms. The summed E-state index contributed by atoms with van der Waals surface area (Å²) in [5, 5.41) is 4.60. The Morgan fingerprint density at radius 3 is 2.20 bits per heavy atom. The number of nitrogens with zero attached hydrogens (tertiary/aromatic N) is 4. The number of aryl methyl sites for hydroxylation is 1. The van der Waals surface area contributed by atoms with Crippen molar-refractivity contribution in [2.24, 2.45) is 0 Å². The van der Waals surface area contributed by atoms with Crippen LogP contribution in [0.5, 0.6) is 0 Å². The van der Waals surface area contributed by atoms with Gasteiger partial charge in [0.25, 0.3) is 0 Å². The summed E-state index contributed by atoms with van der Waals surface area (Å²) >= 11 is 0. The van der Waals surface area contributed by atoms with E-state index in [0.29, 0.717) is 17.3 Å². The fourth-order valence-electron chi connectivity index (χ4n) is 3.91. The molecule has 150 valence electrons. The maximum atomic E-state index is 13.0. The van der Waals surface area contributed by atoms with Crippen LogP contribution < -0.4 is 4.90 Å². The van der Waals surface area contributed by atoms with Crippen LogP contribution in [0.2, 0.25) is 0 Å². The summed E-state index contributed by atoms with van der Waals surface area (Å²) in [5.74, 6) is 1.22. The van der Waals surface area contributed by atoms with Crippen molar-refractivity contribution in [1.82, 2.24) is 14.8 Å². The monoisotopic (exact) mass is 406 g/mol. The van der Waals surface area contributed by atoms with Crippen LogP contribution in [-0.2, 0) is 6.18 Å². The first-order chi connectivity index (χ1) is 14.4. The molecular weight excluding hydrogens is 389 g/mol. The second-order valence-corrected chi connectivity index (χ2v) is 7.16. The number of benzene rings is 3. The Bertz CT molecular complexity index is 1200. The Hall–Kier alpha value is -3.61. The Morgan fingerprint density at radius 1 is 0.833 bits per heavy atom. The minimum Gasteiger partial charge on any atom is -0.279 e. The fourth-order valence-corrected chi connectivity index (χ4v) is 3.91. The quantitative estimate of drug-likeness (QED) is 0.359. The van der Waals surface area contributed by atoms with Gasteiger partial charge in [-0.05, 0) is 42.8 Å². The van der Waals surface area contributed by atoms with E-state index < -0.39 is 11.7 Å². The van der Waals surface area contributed by atoms with Crippen LogP contribution in [0.1, 0.15) is 28.6 Å². The second kappa shape index (κ2) is 6.73. The predicted molar refractivity (Wildman–Crippen MR) is 108 cm³/mol. The molecule has 0 saturated carbocycles. The van der Waals surface area contributed by atoms with Gasteiger partial charge < -0.3 is 0 Å². The van der Waals surface area contributed by atoms with E-state index in [1.165, 1.54) is 12.1 Å². The Kier molecular flexibility index (Phi) is 4.13. The van der Waals surface area contributed by atoms with Gasteiger partial charge in [-0.25, -0.2) is 4.68 Å². The van der Waals surface area contributed by atoms with Crippen LogP contribution in [0.4, 0.5) is 30.5 Å². The van der Waals surface area contributed by atoms with Crippen molar-refractivity contribution in [3.05, 3.63) is 101 Å². The van der Waals surface area contributed by atoms with E-state index in [4.69, 9.17) is 0 Å². The third-order valence-corrected chi connectivity index (χ3v) is 5.20. The Balaban J connectivity index is 1.71. The van der Waals surface area contributed by atoms with Crippen LogP contribution in [0.15, 0.2) is 78.9 Å². The molecule has 7 heteroatoms. The van der Waals surface area contributed by atoms with Crippen LogP contribution in [0.3, 0.4) is 0 Å². The minimum atomic E-state index is -4.37. The van der Waals surface area contributed by atoms with E-state index in [-0.39, 0.29) is 6.04 Å². The molecule has 4 aromatic rings. The molecule has 0 fully saturated rings. The summed E-state index contributed by atoms with van der Waals surface area (Å²) in [6, 6.07) is 22.6. The van der Waals surface area contributed by atoms with Crippen LogP contribution in [0, 0.1) is 6.92 Å². The van der Waals surface area contributed by atoms with Crippen molar-refractivity contribution in [3.8, 4) is 0 Å². The van der Waals surface area contributed by atoms with Gasteiger partial charge >= 0.3 is 6.18 Å². The first-order valence-electron chi connectivity index (χ1n) is 9.48. The molecule has 1 atom stereocenters. The van der Waals surface area contributed by atoms with E-state index in [1.54, 1.807) is 4.68 Å². The van der Waals surface area contributed by atoms with Gasteiger partial charge in [0, 0.05) is 11.3 Å². The normalized spacial score (nSPS) is 15.6. The van der Waals surface area contributed by atoms with Crippen molar-refractivity contribution in [1.29, 1.82) is 0 Å². The lowest BCUT2D eigenvalue weighted by atomic mass is 9.94. The number of aromatic nitrogens is 3. The molecule has 1 aliphatic rings. The molecule has 1 aliphatic heterocycles. The van der Waals surface area contributed by atoms with Gasteiger partial charge in [-0.3, -0.25) is 4.90 Å². The van der Waals surface area contributed by atoms with Crippen LogP contribution >= 0.6 is 0 Å². The van der Waals surface area contributed by atoms with E-state index in [1.807, 2.05) is 66.4 Å². The number of para-hydroxylation sites is 2. The van der Waals surface area contributed by atoms with E-state index in [9.17, 15) is 13.2 Å². The number of halogens is 3. The topological polar surface area (TPSA) is 34.0 Å². The molecule has 0 bridgehead atoms. The van der Waals surface area contributed by atoms with Gasteiger partial charge in [-0.2, -0.15) is 23.3 Å². The minimum absolute atomic E-state index is 0.375. The summed E-state index contributed by atoms with van der Waals surface area (Å²) in [5.41, 5.74) is 2.85. The maximum Gasteiger partial charge on any atom is 0.416 e. The maximum absolute atomic E-state index is 13.0. The molecule has 5 rings (SSSR count). The zero-order chi connectivity index (χ0) is 20.9. The molecule has 1 aromatic heterocycles. The summed E-state index contributed by atoms with van der Waals surface area (Å²) in [6.07, 6.45) is -4.37. The molecule has 0 saturated heterocycles. The molecule has 3 aromatic carbocycles. The predicted octanol–water partition coefficient (Wildman–Crippen LogP) is 6.03. The lowest BCUT2D eigenvalue weighted by molar-refractivity contribution is -0.137. The smallest absolute Gasteiger partial charge is 0.279 e. The van der Waals surface area contributed by atoms with Gasteiger partial charge in [0.2, 0.25) is 5.95 Å². The number of alkyl halides is 3. The van der Waals surface area contributed by atoms with Gasteiger partial charge in [0.1, 0.15) is 11.9 Å². The standard InChI is InChI=1S/C23H17F3N4/c1-15-27-22-29(18-7-3-2-4-8-18)20-10-6-5-9-19(20)21(30(22)28-15)16-11-13-17(14-12-16)23(24,25)26/h2-14,21H,1H3. The van der Waals surface area contributed by atoms with Crippen molar-refractivity contribution in [3.63, 3.8) is 0 Å². The Labute approximate surface area is 171 Å². The van der Waals surface area contributed by atoms with E-state index in [2.05, 4.69) is 10.1 Å². The molecule has 1 unspecified atom stereocenters. The number of rotatable bonds is 2. The first-order valence-corrected chi connectivity index (χ1v) is 9.48. The first kappa shape index (κ1) is 18.4. The zero-order valence-electron chi connectivity index (χ0n) is 16.0. The third kappa shape index (κ3) is 2.94. The molecule has 0 aliphatic carbocycles. The molecule has 0 radical (unpaired) electrons. The summed E-state index contributed by atoms with van der Waals surface area (Å²) < 4.78 is 40.9. The SMILES string of the molecule is Cc1nc2n(n1)C(c1ccc(C(F)(F)F)cc1)c1ccccc1N2c1ccccc1. The van der Waals surface area contributed by atoms with Gasteiger partial charge in [0.15, 0.2) is 0 Å². The third-order valence-electron chi connectivity index (χ3n) is 5.20. The molecular formula is C23H17F3N4. The van der Waals surface area contributed by atoms with Gasteiger partial charge in [-0.15, -0.1) is 0 Å². The van der Waals surface area contributed by atoms with E-state index in [0.717, 1.165) is 29.1 Å². The number of hydrogen-bond donors (Lipinski definition) is 0. The second-order valence-electron chi connectivity index (χ2n) is 7.16. The highest BCUT2D eigenvalue weighted by Gasteiger charge is 2.35. The number of anilines is 3. The van der Waals surface area contributed by atoms with Crippen LogP contribution in [-0.4, -0.2) is 14.8 Å². The highest BCUT2D eigenvalue weighted by atomic mass is 19.4. The van der Waals surface area contributed by atoms with Gasteiger partial charge in [0.05, 0.1) is 11.3 Å². The van der Waals surface area contributed by atoms with E-state index >= 15 is 0 Å². The Morgan fingerprint density at radius 2 is 1.50 bits per heavy atom. The lowest BCUT2D eigenvalue weighted by Crippen LogP contribution is -2.28. The lowest BCUT2D eigenvalue weighted by Gasteiger charge is -2.35. The van der Waals surface area contributed by atoms with Crippen molar-refractivity contribution < 1.29 is 13.2 Å². The van der Waals surface area contributed by atoms with Crippen molar-refractivity contribution in [2.45, 2.75) is 19.1 Å². The highest BCUT2D eigenvalue weighted by Crippen LogP contribution is 2.46. The average molecular weight is 406 g/mol. The molecule has 2 heterocycles. The average Bonchev–Trinajstić information content (AvgIpc) is 3.12. The fraction of sp³-hybridized carbons (Fsp3) is 0.130. The number of hydrogen-bond acceptors (Lipinski definition) is 3. The van der Waals surface area contributed by atoms with Gasteiger partial charge in [-0.1, -0.05) is 48.5 Å². The molecule has 0 amide bonds. The molecule has 0 N–H and O–H groups in total. The molecule has 4 nitrogen and oxygen atoms in total. The highest BCUT2D eigenvalue weighted by molar-refractivity contribution is 5.78. The molecule has 30 heavy (non-hydrogen) atoms. The summed E-state index contributed by atoms with van der Waals surface area (Å²) in [6.45, 7) is 1.81. The summed E-state index contributed by atoms with van der Waals surface area (Å²) in [4.78, 5) is 6.66. The summed E-state index contributed by atoms with van der Waals surface area (Å²) in [7, 11) is 0.